The highest BCUT2D eigenvalue weighted by Gasteiger charge is 2.13. The topological polar surface area (TPSA) is 52.3 Å². The van der Waals surface area contributed by atoms with Gasteiger partial charge in [0.05, 0.1) is 0 Å². The highest BCUT2D eigenvalue weighted by molar-refractivity contribution is 6.69. The van der Waals surface area contributed by atoms with Crippen LogP contribution < -0.4 is 5.73 Å². The number of carbonyl (C=O) groups excluding carboxylic acids is 1. The molecule has 0 heterocycles. The second-order valence-electron chi connectivity index (χ2n) is 3.53. The molecule has 4 heteroatoms. The van der Waals surface area contributed by atoms with Crippen LogP contribution in [-0.2, 0) is 9.22 Å². The summed E-state index contributed by atoms with van der Waals surface area (Å²) in [5, 5.41) is 0. The van der Waals surface area contributed by atoms with E-state index in [1.807, 2.05) is 0 Å². The number of nitrogens with two attached hydrogens (primary N) is 1. The highest BCUT2D eigenvalue weighted by Crippen LogP contribution is 2.03. The van der Waals surface area contributed by atoms with Gasteiger partial charge in [-0.25, -0.2) is 0 Å². The fourth-order valence-electron chi connectivity index (χ4n) is 0.625. The van der Waals surface area contributed by atoms with Crippen LogP contribution in [0.15, 0.2) is 0 Å². The van der Waals surface area contributed by atoms with Crippen molar-refractivity contribution in [1.82, 2.24) is 0 Å². The van der Waals surface area contributed by atoms with Crippen molar-refractivity contribution in [1.29, 1.82) is 0 Å². The zero-order valence-corrected chi connectivity index (χ0v) is 8.52. The molecule has 0 spiro atoms. The van der Waals surface area contributed by atoms with Crippen LogP contribution in [0.3, 0.4) is 0 Å². The zero-order valence-electron chi connectivity index (χ0n) is 7.52. The smallest absolute Gasteiger partial charge is 0.217 e. The van der Waals surface area contributed by atoms with Crippen LogP contribution in [0.5, 0.6) is 0 Å². The van der Waals surface area contributed by atoms with Gasteiger partial charge in [-0.1, -0.05) is 0 Å². The number of rotatable bonds is 5. The molecule has 66 valence electrons. The molecule has 11 heavy (non-hydrogen) atoms. The maximum Gasteiger partial charge on any atom is 0.217 e. The SMILES string of the molecule is C[Si](C)(C)OCCCC(N)=O. The molecule has 0 aromatic rings. The van der Waals surface area contributed by atoms with Crippen molar-refractivity contribution in [3.05, 3.63) is 0 Å². The Kier molecular flexibility index (Phi) is 4.36. The van der Waals surface area contributed by atoms with E-state index in [1.165, 1.54) is 0 Å². The molecule has 0 aromatic heterocycles. The molecule has 1 amide bonds. The fraction of sp³-hybridized carbons (Fsp3) is 0.857. The van der Waals surface area contributed by atoms with Gasteiger partial charge < -0.3 is 10.2 Å². The molecular weight excluding hydrogens is 158 g/mol. The number of primary amides is 1. The highest BCUT2D eigenvalue weighted by atomic mass is 28.4. The Hall–Kier alpha value is -0.353. The van der Waals surface area contributed by atoms with Gasteiger partial charge in [-0.05, 0) is 26.1 Å². The van der Waals surface area contributed by atoms with Gasteiger partial charge in [-0.3, -0.25) is 4.79 Å². The Bertz CT molecular complexity index is 131. The third-order valence-electron chi connectivity index (χ3n) is 1.10. The monoisotopic (exact) mass is 175 g/mol. The molecule has 0 aliphatic carbocycles. The summed E-state index contributed by atoms with van der Waals surface area (Å²) in [5.74, 6) is -0.246. The fourth-order valence-corrected chi connectivity index (χ4v) is 1.38. The minimum absolute atomic E-state index is 0.246. The summed E-state index contributed by atoms with van der Waals surface area (Å²) in [4.78, 5) is 10.3. The normalized spacial score (nSPS) is 11.5. The minimum Gasteiger partial charge on any atom is -0.418 e. The molecule has 0 aliphatic rings. The molecule has 0 aliphatic heterocycles. The van der Waals surface area contributed by atoms with Crippen molar-refractivity contribution in [2.75, 3.05) is 6.61 Å². The largest absolute Gasteiger partial charge is 0.418 e. The standard InChI is InChI=1S/C7H17NO2Si/c1-11(2,3)10-6-4-5-7(8)9/h4-6H2,1-3H3,(H2,8,9). The van der Waals surface area contributed by atoms with Crippen molar-refractivity contribution in [3.63, 3.8) is 0 Å². The summed E-state index contributed by atoms with van der Waals surface area (Å²) < 4.78 is 5.51. The van der Waals surface area contributed by atoms with Crippen molar-refractivity contribution in [2.45, 2.75) is 32.5 Å². The predicted molar refractivity (Wildman–Crippen MR) is 47.7 cm³/mol. The first kappa shape index (κ1) is 10.6. The molecular formula is C7H17NO2Si. The number of carbonyl (C=O) groups is 1. The molecule has 0 radical (unpaired) electrons. The van der Waals surface area contributed by atoms with Crippen molar-refractivity contribution >= 4 is 14.2 Å². The van der Waals surface area contributed by atoms with Crippen molar-refractivity contribution in [3.8, 4) is 0 Å². The second-order valence-corrected chi connectivity index (χ2v) is 8.04. The van der Waals surface area contributed by atoms with E-state index in [0.29, 0.717) is 13.0 Å². The Morgan fingerprint density at radius 3 is 2.36 bits per heavy atom. The zero-order chi connectivity index (χ0) is 8.91. The quantitative estimate of drug-likeness (QED) is 0.502. The Morgan fingerprint density at radius 1 is 1.45 bits per heavy atom. The third-order valence-corrected chi connectivity index (χ3v) is 2.17. The molecule has 0 fully saturated rings. The maximum atomic E-state index is 10.3. The van der Waals surface area contributed by atoms with Crippen LogP contribution in [-0.4, -0.2) is 20.8 Å². The van der Waals surface area contributed by atoms with Gasteiger partial charge in [0.2, 0.25) is 5.91 Å². The van der Waals surface area contributed by atoms with E-state index >= 15 is 0 Å². The minimum atomic E-state index is -1.38. The summed E-state index contributed by atoms with van der Waals surface area (Å²) in [5.41, 5.74) is 4.96. The molecule has 0 saturated heterocycles. The van der Waals surface area contributed by atoms with Gasteiger partial charge in [0.15, 0.2) is 8.32 Å². The number of amides is 1. The van der Waals surface area contributed by atoms with Crippen molar-refractivity contribution < 1.29 is 9.22 Å². The van der Waals surface area contributed by atoms with Crippen molar-refractivity contribution in [2.24, 2.45) is 5.73 Å². The summed E-state index contributed by atoms with van der Waals surface area (Å²) >= 11 is 0. The molecule has 3 nitrogen and oxygen atoms in total. The lowest BCUT2D eigenvalue weighted by atomic mass is 10.3. The Morgan fingerprint density at radius 2 is 2.00 bits per heavy atom. The predicted octanol–water partition coefficient (Wildman–Crippen LogP) is 1.10. The van der Waals surface area contributed by atoms with Crippen LogP contribution in [0.2, 0.25) is 19.6 Å². The van der Waals surface area contributed by atoms with Gasteiger partial charge in [0.1, 0.15) is 0 Å². The lowest BCUT2D eigenvalue weighted by molar-refractivity contribution is -0.118. The number of hydrogen-bond acceptors (Lipinski definition) is 2. The van der Waals surface area contributed by atoms with E-state index in [0.717, 1.165) is 6.42 Å². The molecule has 0 bridgehead atoms. The molecule has 0 atom stereocenters. The van der Waals surface area contributed by atoms with E-state index in [2.05, 4.69) is 19.6 Å². The molecule has 0 rings (SSSR count). The molecule has 2 N–H and O–H groups in total. The lowest BCUT2D eigenvalue weighted by Gasteiger charge is -2.16. The molecule has 0 saturated carbocycles. The second kappa shape index (κ2) is 4.51. The molecule has 0 unspecified atom stereocenters. The van der Waals surface area contributed by atoms with Crippen LogP contribution in [0, 0.1) is 0 Å². The summed E-state index contributed by atoms with van der Waals surface area (Å²) in [7, 11) is -1.38. The summed E-state index contributed by atoms with van der Waals surface area (Å²) in [6.45, 7) is 7.03. The van der Waals surface area contributed by atoms with E-state index in [4.69, 9.17) is 10.2 Å². The van der Waals surface area contributed by atoms with Crippen LogP contribution in [0.25, 0.3) is 0 Å². The first-order valence-corrected chi connectivity index (χ1v) is 7.25. The van der Waals surface area contributed by atoms with Crippen LogP contribution in [0.1, 0.15) is 12.8 Å². The van der Waals surface area contributed by atoms with Crippen LogP contribution >= 0.6 is 0 Å². The van der Waals surface area contributed by atoms with Gasteiger partial charge in [0, 0.05) is 13.0 Å². The summed E-state index contributed by atoms with van der Waals surface area (Å²) in [6, 6.07) is 0. The number of hydrogen-bond donors (Lipinski definition) is 1. The van der Waals surface area contributed by atoms with Gasteiger partial charge >= 0.3 is 0 Å². The third kappa shape index (κ3) is 9.65. The average Bonchev–Trinajstić information content (AvgIpc) is 1.78. The lowest BCUT2D eigenvalue weighted by Crippen LogP contribution is -2.26. The van der Waals surface area contributed by atoms with E-state index < -0.39 is 8.32 Å². The Balaban J connectivity index is 3.22. The molecule has 0 aromatic carbocycles. The Labute approximate surface area is 69.0 Å². The van der Waals surface area contributed by atoms with Gasteiger partial charge in [-0.2, -0.15) is 0 Å². The van der Waals surface area contributed by atoms with Crippen LogP contribution in [0.4, 0.5) is 0 Å². The van der Waals surface area contributed by atoms with E-state index in [9.17, 15) is 4.79 Å². The average molecular weight is 175 g/mol. The van der Waals surface area contributed by atoms with E-state index in [-0.39, 0.29) is 5.91 Å². The first-order valence-electron chi connectivity index (χ1n) is 3.84. The van der Waals surface area contributed by atoms with E-state index in [1.54, 1.807) is 0 Å². The first-order chi connectivity index (χ1) is 4.92. The van der Waals surface area contributed by atoms with Gasteiger partial charge in [0.25, 0.3) is 0 Å². The maximum absolute atomic E-state index is 10.3. The summed E-state index contributed by atoms with van der Waals surface area (Å²) in [6.07, 6.45) is 1.18. The van der Waals surface area contributed by atoms with Gasteiger partial charge in [-0.15, -0.1) is 0 Å².